The number of ether oxygens (including phenoxy) is 2. The van der Waals surface area contributed by atoms with E-state index >= 15 is 0 Å². The van der Waals surface area contributed by atoms with Gasteiger partial charge in [0.25, 0.3) is 0 Å². The fraction of sp³-hybridized carbons (Fsp3) is 0.296. The zero-order chi connectivity index (χ0) is 24.5. The van der Waals surface area contributed by atoms with Gasteiger partial charge >= 0.3 is 11.9 Å². The molecule has 0 unspecified atom stereocenters. The van der Waals surface area contributed by atoms with Crippen LogP contribution in [-0.4, -0.2) is 67.2 Å². The number of esters is 2. The van der Waals surface area contributed by atoms with Gasteiger partial charge in [-0.15, -0.1) is 6.58 Å². The molecule has 7 nitrogen and oxygen atoms in total. The van der Waals surface area contributed by atoms with Crippen molar-refractivity contribution in [2.45, 2.75) is 11.0 Å². The number of methoxy groups -OCH3 is 2. The topological polar surface area (TPSA) is 93.1 Å². The number of fused-ring (bicyclic) bond motifs is 1. The maximum Gasteiger partial charge on any atom is 0.341 e. The molecule has 2 aromatic rings. The van der Waals surface area contributed by atoms with Crippen LogP contribution in [0.25, 0.3) is 5.57 Å². The summed E-state index contributed by atoms with van der Waals surface area (Å²) >= 11 is 0. The zero-order valence-electron chi connectivity index (χ0n) is 19.2. The summed E-state index contributed by atoms with van der Waals surface area (Å²) in [5.41, 5.74) is -2.00. The molecule has 7 heteroatoms. The summed E-state index contributed by atoms with van der Waals surface area (Å²) in [6, 6.07) is 18.1. The van der Waals surface area contributed by atoms with Gasteiger partial charge in [-0.05, 0) is 16.7 Å². The number of aliphatic hydroxyl groups excluding tert-OH is 1. The molecule has 34 heavy (non-hydrogen) atoms. The average molecular weight is 462 g/mol. The minimum atomic E-state index is -1.93. The number of ketones is 1. The Kier molecular flexibility index (Phi) is 6.25. The van der Waals surface area contributed by atoms with Crippen molar-refractivity contribution in [1.29, 1.82) is 0 Å². The van der Waals surface area contributed by atoms with Crippen LogP contribution in [0, 0.1) is 5.92 Å². The van der Waals surface area contributed by atoms with Crippen molar-refractivity contribution in [2.24, 2.45) is 5.92 Å². The summed E-state index contributed by atoms with van der Waals surface area (Å²) in [6.45, 7) is 3.85. The number of aliphatic hydroxyl groups is 1. The third-order valence-corrected chi connectivity index (χ3v) is 7.03. The number of carbonyl (C=O) groups is 3. The van der Waals surface area contributed by atoms with Crippen molar-refractivity contribution in [2.75, 3.05) is 33.9 Å². The van der Waals surface area contributed by atoms with E-state index in [9.17, 15) is 19.5 Å². The van der Waals surface area contributed by atoms with Gasteiger partial charge < -0.3 is 14.6 Å². The largest absolute Gasteiger partial charge is 0.467 e. The Balaban J connectivity index is 2.25. The molecule has 1 fully saturated rings. The van der Waals surface area contributed by atoms with Crippen molar-refractivity contribution in [3.05, 3.63) is 90.0 Å². The third kappa shape index (κ3) is 2.87. The molecule has 0 amide bonds. The number of nitrogens with zero attached hydrogens (tertiary/aromatic N) is 1. The van der Waals surface area contributed by atoms with E-state index in [0.717, 1.165) is 0 Å². The molecule has 176 valence electrons. The smallest absolute Gasteiger partial charge is 0.341 e. The van der Waals surface area contributed by atoms with Gasteiger partial charge in [0, 0.05) is 25.6 Å². The van der Waals surface area contributed by atoms with Crippen LogP contribution in [0.3, 0.4) is 0 Å². The molecule has 0 bridgehead atoms. The molecular weight excluding hydrogens is 434 g/mol. The van der Waals surface area contributed by atoms with Crippen LogP contribution in [0.5, 0.6) is 0 Å². The standard InChI is InChI=1S/C27H27NO6/c1-4-15-28-16-20(17-29)26(19-13-9-6-10-14-19)22(18-11-7-5-8-12-18)21(24(31)33-2)23(30)27(26,28)25(32)34-3/h4-14,20,29H,1,15-17H2,2-3H3/t20-,26-,27-/m1/s1. The summed E-state index contributed by atoms with van der Waals surface area (Å²) < 4.78 is 10.3. The highest BCUT2D eigenvalue weighted by Gasteiger charge is 2.79. The van der Waals surface area contributed by atoms with E-state index in [1.165, 1.54) is 14.2 Å². The quantitative estimate of drug-likeness (QED) is 0.292. The van der Waals surface area contributed by atoms with E-state index < -0.39 is 34.6 Å². The molecule has 2 aliphatic rings. The van der Waals surface area contributed by atoms with E-state index in [2.05, 4.69) is 6.58 Å². The van der Waals surface area contributed by atoms with E-state index in [4.69, 9.17) is 9.47 Å². The van der Waals surface area contributed by atoms with E-state index in [-0.39, 0.29) is 25.3 Å². The minimum absolute atomic E-state index is 0.169. The first-order chi connectivity index (χ1) is 16.5. The van der Waals surface area contributed by atoms with Gasteiger partial charge in [0.05, 0.1) is 19.6 Å². The molecule has 1 saturated heterocycles. The predicted octanol–water partition coefficient (Wildman–Crippen LogP) is 2.16. The lowest BCUT2D eigenvalue weighted by Crippen LogP contribution is -2.65. The lowest BCUT2D eigenvalue weighted by molar-refractivity contribution is -0.159. The van der Waals surface area contributed by atoms with E-state index in [1.807, 2.05) is 24.3 Å². The number of benzene rings is 2. The first-order valence-electron chi connectivity index (χ1n) is 11.0. The number of rotatable bonds is 7. The van der Waals surface area contributed by atoms with E-state index in [1.54, 1.807) is 47.4 Å². The van der Waals surface area contributed by atoms with Crippen molar-refractivity contribution in [3.8, 4) is 0 Å². The Hall–Kier alpha value is -3.55. The SMILES string of the molecule is C=CCN1C[C@H](CO)[C@]2(c3ccccc3)C(c3ccccc3)=C(C(=O)OC)C(=O)[C@]12C(=O)OC. The summed E-state index contributed by atoms with van der Waals surface area (Å²) in [4.78, 5) is 43.0. The Morgan fingerprint density at radius 1 is 1.09 bits per heavy atom. The lowest BCUT2D eigenvalue weighted by Gasteiger charge is -2.45. The molecular formula is C27H27NO6. The Morgan fingerprint density at radius 3 is 2.24 bits per heavy atom. The third-order valence-electron chi connectivity index (χ3n) is 7.03. The second-order valence-electron chi connectivity index (χ2n) is 8.39. The first-order valence-corrected chi connectivity index (χ1v) is 11.0. The molecule has 4 rings (SSSR count). The van der Waals surface area contributed by atoms with Crippen LogP contribution < -0.4 is 0 Å². The maximum absolute atomic E-state index is 14.4. The molecule has 0 radical (unpaired) electrons. The Bertz CT molecular complexity index is 1160. The predicted molar refractivity (Wildman–Crippen MR) is 126 cm³/mol. The number of hydrogen-bond donors (Lipinski definition) is 1. The van der Waals surface area contributed by atoms with E-state index in [0.29, 0.717) is 16.7 Å². The number of hydrogen-bond acceptors (Lipinski definition) is 7. The van der Waals surface area contributed by atoms with Crippen molar-refractivity contribution in [1.82, 2.24) is 4.90 Å². The Labute approximate surface area is 198 Å². The normalized spacial score (nSPS) is 26.3. The van der Waals surface area contributed by atoms with Gasteiger partial charge in [-0.25, -0.2) is 9.59 Å². The maximum atomic E-state index is 14.4. The summed E-state index contributed by atoms with van der Waals surface area (Å²) in [5, 5.41) is 10.7. The van der Waals surface area contributed by atoms with Crippen molar-refractivity contribution >= 4 is 23.3 Å². The van der Waals surface area contributed by atoms with Crippen LogP contribution in [0.2, 0.25) is 0 Å². The zero-order valence-corrected chi connectivity index (χ0v) is 19.2. The monoisotopic (exact) mass is 461 g/mol. The Morgan fingerprint density at radius 2 is 1.71 bits per heavy atom. The van der Waals surface area contributed by atoms with Gasteiger partial charge in [-0.3, -0.25) is 9.69 Å². The molecule has 0 spiro atoms. The van der Waals surface area contributed by atoms with Gasteiger partial charge in [-0.1, -0.05) is 66.7 Å². The number of carbonyl (C=O) groups excluding carboxylic acids is 3. The number of likely N-dealkylation sites (tertiary alicyclic amines) is 1. The highest BCUT2D eigenvalue weighted by Crippen LogP contribution is 2.64. The molecule has 3 atom stereocenters. The van der Waals surface area contributed by atoms with Crippen LogP contribution in [0.15, 0.2) is 78.9 Å². The fourth-order valence-corrected chi connectivity index (χ4v) is 5.94. The molecule has 2 aromatic carbocycles. The van der Waals surface area contributed by atoms with Gasteiger partial charge in [0.1, 0.15) is 5.57 Å². The van der Waals surface area contributed by atoms with Crippen LogP contribution >= 0.6 is 0 Å². The first kappa shape index (κ1) is 23.6. The highest BCUT2D eigenvalue weighted by atomic mass is 16.5. The van der Waals surface area contributed by atoms with Crippen molar-refractivity contribution in [3.63, 3.8) is 0 Å². The summed E-state index contributed by atoms with van der Waals surface area (Å²) in [5.74, 6) is -2.96. The molecule has 1 aliphatic heterocycles. The van der Waals surface area contributed by atoms with Crippen molar-refractivity contribution < 1.29 is 29.0 Å². The number of Topliss-reactive ketones (excluding diaryl/α,β-unsaturated/α-hetero) is 1. The van der Waals surface area contributed by atoms with Gasteiger partial charge in [-0.2, -0.15) is 0 Å². The minimum Gasteiger partial charge on any atom is -0.467 e. The van der Waals surface area contributed by atoms with Crippen LogP contribution in [-0.2, 0) is 29.3 Å². The second-order valence-corrected chi connectivity index (χ2v) is 8.39. The molecule has 0 saturated carbocycles. The average Bonchev–Trinajstić information content (AvgIpc) is 3.31. The second kappa shape index (κ2) is 9.00. The molecule has 1 heterocycles. The summed E-state index contributed by atoms with van der Waals surface area (Å²) in [7, 11) is 2.42. The van der Waals surface area contributed by atoms with Crippen LogP contribution in [0.1, 0.15) is 11.1 Å². The van der Waals surface area contributed by atoms with Gasteiger partial charge in [0.15, 0.2) is 5.54 Å². The highest BCUT2D eigenvalue weighted by molar-refractivity contribution is 6.37. The van der Waals surface area contributed by atoms with Gasteiger partial charge in [0.2, 0.25) is 5.78 Å². The summed E-state index contributed by atoms with van der Waals surface area (Å²) in [6.07, 6.45) is 1.59. The van der Waals surface area contributed by atoms with Crippen LogP contribution in [0.4, 0.5) is 0 Å². The fourth-order valence-electron chi connectivity index (χ4n) is 5.94. The molecule has 1 aliphatic carbocycles. The lowest BCUT2D eigenvalue weighted by atomic mass is 9.58. The molecule has 1 N–H and O–H groups in total. The molecule has 0 aromatic heterocycles.